The van der Waals surface area contributed by atoms with Gasteiger partial charge in [0.15, 0.2) is 0 Å². The van der Waals surface area contributed by atoms with Crippen LogP contribution in [0.5, 0.6) is 0 Å². The Morgan fingerprint density at radius 1 is 1.00 bits per heavy atom. The predicted octanol–water partition coefficient (Wildman–Crippen LogP) is 3.72. The lowest BCUT2D eigenvalue weighted by Gasteiger charge is -2.30. The van der Waals surface area contributed by atoms with Crippen molar-refractivity contribution in [3.8, 4) is 0 Å². The maximum atomic E-state index is 13.0. The highest BCUT2D eigenvalue weighted by Crippen LogP contribution is 2.20. The number of hydrogen-bond acceptors (Lipinski definition) is 3. The molecule has 4 nitrogen and oxygen atoms in total. The molecule has 0 heterocycles. The van der Waals surface area contributed by atoms with Crippen LogP contribution in [0.1, 0.15) is 25.8 Å². The predicted molar refractivity (Wildman–Crippen MR) is 107 cm³/mol. The lowest BCUT2D eigenvalue weighted by molar-refractivity contribution is -0.139. The van der Waals surface area contributed by atoms with Crippen LogP contribution in [0.25, 0.3) is 0 Å². The summed E-state index contributed by atoms with van der Waals surface area (Å²) in [6.07, 6.45) is 0.584. The van der Waals surface area contributed by atoms with Gasteiger partial charge in [-0.05, 0) is 31.0 Å². The number of hydrogen-bond donors (Lipinski definition) is 1. The molecule has 0 spiro atoms. The van der Waals surface area contributed by atoms with E-state index in [-0.39, 0.29) is 11.8 Å². The molecule has 5 heteroatoms. The van der Waals surface area contributed by atoms with E-state index < -0.39 is 6.04 Å². The average Bonchev–Trinajstić information content (AvgIpc) is 2.68. The highest BCUT2D eigenvalue weighted by atomic mass is 32.2. The zero-order valence-electron chi connectivity index (χ0n) is 15.4. The van der Waals surface area contributed by atoms with Crippen LogP contribution in [0.15, 0.2) is 65.6 Å². The summed E-state index contributed by atoms with van der Waals surface area (Å²) >= 11 is 1.50. The first-order valence-electron chi connectivity index (χ1n) is 8.94. The summed E-state index contributed by atoms with van der Waals surface area (Å²) in [6, 6.07) is 19.2. The number of benzene rings is 2. The van der Waals surface area contributed by atoms with Crippen molar-refractivity contribution in [2.75, 3.05) is 12.3 Å². The van der Waals surface area contributed by atoms with Crippen molar-refractivity contribution >= 4 is 23.6 Å². The second-order valence-corrected chi connectivity index (χ2v) is 6.98. The van der Waals surface area contributed by atoms with Gasteiger partial charge in [-0.2, -0.15) is 0 Å². The molecule has 26 heavy (non-hydrogen) atoms. The van der Waals surface area contributed by atoms with Gasteiger partial charge in [-0.3, -0.25) is 9.59 Å². The van der Waals surface area contributed by atoms with Gasteiger partial charge in [-0.15, -0.1) is 11.8 Å². The smallest absolute Gasteiger partial charge is 0.242 e. The molecule has 0 fully saturated rings. The van der Waals surface area contributed by atoms with Gasteiger partial charge in [-0.25, -0.2) is 0 Å². The van der Waals surface area contributed by atoms with Crippen LogP contribution >= 0.6 is 11.8 Å². The summed E-state index contributed by atoms with van der Waals surface area (Å²) in [5.41, 5.74) is 1.02. The molecular formula is C21H26N2O2S. The Kier molecular flexibility index (Phi) is 8.22. The summed E-state index contributed by atoms with van der Waals surface area (Å²) < 4.78 is 0. The molecule has 0 radical (unpaired) electrons. The molecule has 2 aromatic carbocycles. The largest absolute Gasteiger partial charge is 0.355 e. The van der Waals surface area contributed by atoms with E-state index in [0.717, 1.165) is 10.5 Å². The van der Waals surface area contributed by atoms with Crippen molar-refractivity contribution in [3.63, 3.8) is 0 Å². The number of rotatable bonds is 9. The number of thioether (sulfide) groups is 1. The van der Waals surface area contributed by atoms with Crippen LogP contribution in [0, 0.1) is 0 Å². The molecule has 138 valence electrons. The first-order valence-corrected chi connectivity index (χ1v) is 9.93. The summed E-state index contributed by atoms with van der Waals surface area (Å²) in [5, 5.41) is 2.85. The number of nitrogens with zero attached hydrogens (tertiary/aromatic N) is 1. The van der Waals surface area contributed by atoms with Crippen LogP contribution in [-0.2, 0) is 16.1 Å². The van der Waals surface area contributed by atoms with Crippen molar-refractivity contribution < 1.29 is 9.59 Å². The van der Waals surface area contributed by atoms with Gasteiger partial charge in [0, 0.05) is 18.0 Å². The Hall–Kier alpha value is -2.27. The molecule has 0 bridgehead atoms. The Labute approximate surface area is 160 Å². The fourth-order valence-corrected chi connectivity index (χ4v) is 3.54. The van der Waals surface area contributed by atoms with Crippen molar-refractivity contribution in [3.05, 3.63) is 66.2 Å². The lowest BCUT2D eigenvalue weighted by atomic mass is 10.1. The van der Waals surface area contributed by atoms with Crippen LogP contribution in [-0.4, -0.2) is 35.1 Å². The molecule has 0 aromatic heterocycles. The van der Waals surface area contributed by atoms with Crippen LogP contribution in [0.2, 0.25) is 0 Å². The van der Waals surface area contributed by atoms with Crippen molar-refractivity contribution in [1.29, 1.82) is 0 Å². The van der Waals surface area contributed by atoms with E-state index in [0.29, 0.717) is 25.3 Å². The third-order valence-electron chi connectivity index (χ3n) is 4.04. The second kappa shape index (κ2) is 10.7. The van der Waals surface area contributed by atoms with E-state index in [1.54, 1.807) is 4.90 Å². The fourth-order valence-electron chi connectivity index (χ4n) is 2.74. The number of amides is 2. The molecule has 2 amide bonds. The molecule has 2 rings (SSSR count). The molecule has 0 aliphatic carbocycles. The summed E-state index contributed by atoms with van der Waals surface area (Å²) in [4.78, 5) is 28.2. The highest BCUT2D eigenvalue weighted by Gasteiger charge is 2.28. The first-order chi connectivity index (χ1) is 12.7. The minimum atomic E-state index is -0.459. The summed E-state index contributed by atoms with van der Waals surface area (Å²) in [5.74, 6) is 0.192. The van der Waals surface area contributed by atoms with Crippen LogP contribution < -0.4 is 5.32 Å². The Morgan fingerprint density at radius 2 is 1.62 bits per heavy atom. The number of likely N-dealkylation sites (N-methyl/N-ethyl adjacent to an activating group) is 1. The SMILES string of the molecule is CCNC(=O)C(CC)N(Cc1ccccc1)C(=O)CSc1ccccc1. The van der Waals surface area contributed by atoms with E-state index in [9.17, 15) is 9.59 Å². The lowest BCUT2D eigenvalue weighted by Crippen LogP contribution is -2.49. The zero-order valence-corrected chi connectivity index (χ0v) is 16.2. The van der Waals surface area contributed by atoms with Crippen LogP contribution in [0.3, 0.4) is 0 Å². The summed E-state index contributed by atoms with van der Waals surface area (Å²) in [6.45, 7) is 4.82. The average molecular weight is 371 g/mol. The number of carbonyl (C=O) groups is 2. The van der Waals surface area contributed by atoms with E-state index in [1.165, 1.54) is 11.8 Å². The zero-order chi connectivity index (χ0) is 18.8. The van der Waals surface area contributed by atoms with E-state index >= 15 is 0 Å². The van der Waals surface area contributed by atoms with Crippen molar-refractivity contribution in [2.24, 2.45) is 0 Å². The van der Waals surface area contributed by atoms with Gasteiger partial charge in [0.05, 0.1) is 5.75 Å². The molecule has 0 saturated carbocycles. The Balaban J connectivity index is 2.14. The van der Waals surface area contributed by atoms with E-state index in [2.05, 4.69) is 5.32 Å². The minimum Gasteiger partial charge on any atom is -0.355 e. The molecule has 1 unspecified atom stereocenters. The molecule has 1 N–H and O–H groups in total. The molecular weight excluding hydrogens is 344 g/mol. The molecule has 1 atom stereocenters. The van der Waals surface area contributed by atoms with Gasteiger partial charge in [-0.1, -0.05) is 55.5 Å². The van der Waals surface area contributed by atoms with Gasteiger partial charge < -0.3 is 10.2 Å². The Morgan fingerprint density at radius 3 is 2.19 bits per heavy atom. The van der Waals surface area contributed by atoms with Crippen molar-refractivity contribution in [2.45, 2.75) is 37.8 Å². The highest BCUT2D eigenvalue weighted by molar-refractivity contribution is 8.00. The maximum absolute atomic E-state index is 13.0. The molecule has 0 aliphatic rings. The second-order valence-electron chi connectivity index (χ2n) is 5.93. The maximum Gasteiger partial charge on any atom is 0.242 e. The normalized spacial score (nSPS) is 11.6. The van der Waals surface area contributed by atoms with Gasteiger partial charge in [0.1, 0.15) is 6.04 Å². The molecule has 0 aliphatic heterocycles. The molecule has 0 saturated heterocycles. The number of nitrogens with one attached hydrogen (secondary N) is 1. The van der Waals surface area contributed by atoms with Crippen LogP contribution in [0.4, 0.5) is 0 Å². The third-order valence-corrected chi connectivity index (χ3v) is 5.03. The topological polar surface area (TPSA) is 49.4 Å². The Bertz CT molecular complexity index is 692. The summed E-state index contributed by atoms with van der Waals surface area (Å²) in [7, 11) is 0. The van der Waals surface area contributed by atoms with E-state index in [1.807, 2.05) is 74.5 Å². The quantitative estimate of drug-likeness (QED) is 0.685. The van der Waals surface area contributed by atoms with E-state index in [4.69, 9.17) is 0 Å². The fraction of sp³-hybridized carbons (Fsp3) is 0.333. The monoisotopic (exact) mass is 370 g/mol. The van der Waals surface area contributed by atoms with Crippen molar-refractivity contribution in [1.82, 2.24) is 10.2 Å². The standard InChI is InChI=1S/C21H26N2O2S/c1-3-19(21(25)22-4-2)23(15-17-11-7-5-8-12-17)20(24)16-26-18-13-9-6-10-14-18/h5-14,19H,3-4,15-16H2,1-2H3,(H,22,25). The third kappa shape index (κ3) is 5.92. The van der Waals surface area contributed by atoms with Gasteiger partial charge >= 0.3 is 0 Å². The minimum absolute atomic E-state index is 0.0270. The van der Waals surface area contributed by atoms with Gasteiger partial charge in [0.25, 0.3) is 0 Å². The molecule has 2 aromatic rings. The van der Waals surface area contributed by atoms with Gasteiger partial charge in [0.2, 0.25) is 11.8 Å². The number of carbonyl (C=O) groups excluding carboxylic acids is 2. The first kappa shape index (κ1) is 20.0.